The van der Waals surface area contributed by atoms with Crippen LogP contribution in [-0.4, -0.2) is 37.0 Å². The van der Waals surface area contributed by atoms with Crippen LogP contribution < -0.4 is 10.6 Å². The largest absolute Gasteiger partial charge is 0.368 e. The monoisotopic (exact) mass is 313 g/mol. The molecule has 0 aromatic heterocycles. The number of carbonyl (C=O) groups excluding carboxylic acids is 1. The highest BCUT2D eigenvalue weighted by Gasteiger charge is 2.26. The highest BCUT2D eigenvalue weighted by Crippen LogP contribution is 2.19. The molecule has 2 aromatic rings. The molecule has 1 heterocycles. The average molecular weight is 313 g/mol. The normalized spacial score (nSPS) is 16.3. The first-order valence-electron chi connectivity index (χ1n) is 7.75. The summed E-state index contributed by atoms with van der Waals surface area (Å²) in [6.07, 6.45) is 0. The Morgan fingerprint density at radius 1 is 0.957 bits per heavy atom. The molecular formula is C18H20FN3O. The SMILES string of the molecule is N[C@H](C(=O)N1CCN(c2ccc(F)cc2)CC1)c1ccccc1. The number of nitrogens with zero attached hydrogens (tertiary/aromatic N) is 2. The predicted molar refractivity (Wildman–Crippen MR) is 88.6 cm³/mol. The second-order valence-electron chi connectivity index (χ2n) is 5.68. The number of hydrogen-bond donors (Lipinski definition) is 1. The maximum atomic E-state index is 13.0. The third-order valence-corrected chi connectivity index (χ3v) is 4.21. The molecule has 2 N–H and O–H groups in total. The second kappa shape index (κ2) is 6.79. The van der Waals surface area contributed by atoms with Crippen LogP contribution >= 0.6 is 0 Å². The predicted octanol–water partition coefficient (Wildman–Crippen LogP) is 2.17. The molecule has 1 saturated heterocycles. The van der Waals surface area contributed by atoms with Crippen LogP contribution in [0.5, 0.6) is 0 Å². The van der Waals surface area contributed by atoms with Gasteiger partial charge in [0.25, 0.3) is 0 Å². The first-order valence-corrected chi connectivity index (χ1v) is 7.75. The third kappa shape index (κ3) is 3.51. The molecule has 4 nitrogen and oxygen atoms in total. The Morgan fingerprint density at radius 3 is 2.17 bits per heavy atom. The minimum atomic E-state index is -0.617. The molecular weight excluding hydrogens is 293 g/mol. The summed E-state index contributed by atoms with van der Waals surface area (Å²) in [5.41, 5.74) is 7.89. The molecule has 0 bridgehead atoms. The molecule has 120 valence electrons. The second-order valence-corrected chi connectivity index (χ2v) is 5.68. The molecule has 2 aromatic carbocycles. The van der Waals surface area contributed by atoms with Crippen LogP contribution in [-0.2, 0) is 4.79 Å². The zero-order chi connectivity index (χ0) is 16.2. The van der Waals surface area contributed by atoms with E-state index in [4.69, 9.17) is 5.73 Å². The molecule has 1 fully saturated rings. The van der Waals surface area contributed by atoms with E-state index >= 15 is 0 Å². The van der Waals surface area contributed by atoms with Gasteiger partial charge in [-0.25, -0.2) is 4.39 Å². The molecule has 1 aliphatic rings. The summed E-state index contributed by atoms with van der Waals surface area (Å²) in [6.45, 7) is 2.69. The first-order chi connectivity index (χ1) is 11.1. The van der Waals surface area contributed by atoms with Crippen molar-refractivity contribution < 1.29 is 9.18 Å². The van der Waals surface area contributed by atoms with E-state index in [1.165, 1.54) is 12.1 Å². The lowest BCUT2D eigenvalue weighted by Crippen LogP contribution is -2.51. The molecule has 1 atom stereocenters. The summed E-state index contributed by atoms with van der Waals surface area (Å²) in [5, 5.41) is 0. The van der Waals surface area contributed by atoms with Gasteiger partial charge in [0.2, 0.25) is 5.91 Å². The maximum Gasteiger partial charge on any atom is 0.244 e. The summed E-state index contributed by atoms with van der Waals surface area (Å²) in [7, 11) is 0. The van der Waals surface area contributed by atoms with Crippen molar-refractivity contribution in [2.45, 2.75) is 6.04 Å². The molecule has 0 aliphatic carbocycles. The van der Waals surface area contributed by atoms with Gasteiger partial charge in [0, 0.05) is 31.9 Å². The Bertz CT molecular complexity index is 652. The van der Waals surface area contributed by atoms with E-state index in [0.29, 0.717) is 13.1 Å². The summed E-state index contributed by atoms with van der Waals surface area (Å²) < 4.78 is 13.0. The number of hydrogen-bond acceptors (Lipinski definition) is 3. The summed E-state index contributed by atoms with van der Waals surface area (Å²) in [4.78, 5) is 16.5. The molecule has 1 amide bonds. The zero-order valence-corrected chi connectivity index (χ0v) is 12.9. The maximum absolute atomic E-state index is 13.0. The number of anilines is 1. The highest BCUT2D eigenvalue weighted by atomic mass is 19.1. The van der Waals surface area contributed by atoms with Gasteiger partial charge in [0.1, 0.15) is 11.9 Å². The van der Waals surface area contributed by atoms with Crippen molar-refractivity contribution in [3.8, 4) is 0 Å². The van der Waals surface area contributed by atoms with Crippen molar-refractivity contribution >= 4 is 11.6 Å². The van der Waals surface area contributed by atoms with Crippen LogP contribution in [0.2, 0.25) is 0 Å². The van der Waals surface area contributed by atoms with Crippen LogP contribution in [0.25, 0.3) is 0 Å². The molecule has 3 rings (SSSR count). The first kappa shape index (κ1) is 15.5. The van der Waals surface area contributed by atoms with E-state index in [9.17, 15) is 9.18 Å². The van der Waals surface area contributed by atoms with Crippen LogP contribution in [0.1, 0.15) is 11.6 Å². The number of amides is 1. The van der Waals surface area contributed by atoms with E-state index in [0.717, 1.165) is 24.3 Å². The van der Waals surface area contributed by atoms with Crippen LogP contribution in [0.3, 0.4) is 0 Å². The fourth-order valence-electron chi connectivity index (χ4n) is 2.84. The van der Waals surface area contributed by atoms with Gasteiger partial charge in [-0.3, -0.25) is 4.79 Å². The highest BCUT2D eigenvalue weighted by molar-refractivity contribution is 5.83. The van der Waals surface area contributed by atoms with Crippen molar-refractivity contribution in [3.05, 3.63) is 66.0 Å². The zero-order valence-electron chi connectivity index (χ0n) is 12.9. The lowest BCUT2D eigenvalue weighted by Gasteiger charge is -2.37. The fraction of sp³-hybridized carbons (Fsp3) is 0.278. The Morgan fingerprint density at radius 2 is 1.57 bits per heavy atom. The van der Waals surface area contributed by atoms with E-state index in [1.54, 1.807) is 17.0 Å². The number of benzene rings is 2. The van der Waals surface area contributed by atoms with Gasteiger partial charge >= 0.3 is 0 Å². The molecule has 0 spiro atoms. The molecule has 0 saturated carbocycles. The van der Waals surface area contributed by atoms with E-state index in [-0.39, 0.29) is 11.7 Å². The van der Waals surface area contributed by atoms with Crippen molar-refractivity contribution in [1.29, 1.82) is 0 Å². The lowest BCUT2D eigenvalue weighted by atomic mass is 10.1. The van der Waals surface area contributed by atoms with Crippen molar-refractivity contribution in [1.82, 2.24) is 4.90 Å². The molecule has 0 unspecified atom stereocenters. The molecule has 23 heavy (non-hydrogen) atoms. The standard InChI is InChI=1S/C18H20FN3O/c19-15-6-8-16(9-7-15)21-10-12-22(13-11-21)18(23)17(20)14-4-2-1-3-5-14/h1-9,17H,10-13,20H2/t17-/m0/s1. The van der Waals surface area contributed by atoms with E-state index < -0.39 is 6.04 Å². The quantitative estimate of drug-likeness (QED) is 0.945. The summed E-state index contributed by atoms with van der Waals surface area (Å²) in [5.74, 6) is -0.286. The van der Waals surface area contributed by atoms with E-state index in [1.807, 2.05) is 30.3 Å². The Hall–Kier alpha value is -2.40. The number of rotatable bonds is 3. The Balaban J connectivity index is 1.60. The molecule has 1 aliphatic heterocycles. The fourth-order valence-corrected chi connectivity index (χ4v) is 2.84. The van der Waals surface area contributed by atoms with E-state index in [2.05, 4.69) is 4.90 Å². The van der Waals surface area contributed by atoms with Gasteiger partial charge in [0.15, 0.2) is 0 Å². The van der Waals surface area contributed by atoms with Gasteiger partial charge in [-0.15, -0.1) is 0 Å². The summed E-state index contributed by atoms with van der Waals surface area (Å²) >= 11 is 0. The Labute approximate surface area is 135 Å². The van der Waals surface area contributed by atoms with Crippen molar-refractivity contribution in [2.75, 3.05) is 31.1 Å². The van der Waals surface area contributed by atoms with Gasteiger partial charge in [-0.05, 0) is 29.8 Å². The van der Waals surface area contributed by atoms with Crippen molar-refractivity contribution in [3.63, 3.8) is 0 Å². The lowest BCUT2D eigenvalue weighted by molar-refractivity contribution is -0.133. The van der Waals surface area contributed by atoms with Crippen LogP contribution in [0.4, 0.5) is 10.1 Å². The van der Waals surface area contributed by atoms with Gasteiger partial charge in [-0.1, -0.05) is 30.3 Å². The average Bonchev–Trinajstić information content (AvgIpc) is 2.62. The minimum absolute atomic E-state index is 0.0463. The number of piperazine rings is 1. The van der Waals surface area contributed by atoms with Crippen LogP contribution in [0, 0.1) is 5.82 Å². The Kier molecular flexibility index (Phi) is 4.57. The topological polar surface area (TPSA) is 49.6 Å². The minimum Gasteiger partial charge on any atom is -0.368 e. The summed E-state index contributed by atoms with van der Waals surface area (Å²) in [6, 6.07) is 15.2. The van der Waals surface area contributed by atoms with Crippen molar-refractivity contribution in [2.24, 2.45) is 5.73 Å². The molecule has 0 radical (unpaired) electrons. The van der Waals surface area contributed by atoms with Gasteiger partial charge < -0.3 is 15.5 Å². The van der Waals surface area contributed by atoms with Gasteiger partial charge in [-0.2, -0.15) is 0 Å². The van der Waals surface area contributed by atoms with Gasteiger partial charge in [0.05, 0.1) is 0 Å². The third-order valence-electron chi connectivity index (χ3n) is 4.21. The number of carbonyl (C=O) groups is 1. The van der Waals surface area contributed by atoms with Crippen LogP contribution in [0.15, 0.2) is 54.6 Å². The number of halogens is 1. The number of nitrogens with two attached hydrogens (primary N) is 1. The smallest absolute Gasteiger partial charge is 0.244 e. The molecule has 5 heteroatoms.